The molecular formula is C20H31N3O4. The zero-order valence-corrected chi connectivity index (χ0v) is 16.4. The van der Waals surface area contributed by atoms with Gasteiger partial charge in [-0.15, -0.1) is 0 Å². The van der Waals surface area contributed by atoms with Crippen molar-refractivity contribution >= 4 is 5.91 Å². The molecule has 0 aliphatic carbocycles. The Bertz CT molecular complexity index is 712. The normalized spacial score (nSPS) is 24.2. The SMILES string of the molecule is Cc1cc(C)c(C(=O)N2CC[C@H](N3CCOCC3)[C@H](CCCO)C2)c(=O)[nH]1. The summed E-state index contributed by atoms with van der Waals surface area (Å²) in [6, 6.07) is 2.25. The maximum Gasteiger partial charge on any atom is 0.261 e. The predicted molar refractivity (Wildman–Crippen MR) is 103 cm³/mol. The molecule has 27 heavy (non-hydrogen) atoms. The molecule has 2 saturated heterocycles. The number of amides is 1. The zero-order chi connectivity index (χ0) is 19.4. The molecule has 1 amide bonds. The van der Waals surface area contributed by atoms with Crippen LogP contribution in [0, 0.1) is 19.8 Å². The van der Waals surface area contributed by atoms with Crippen LogP contribution in [0.5, 0.6) is 0 Å². The second-order valence-corrected chi connectivity index (χ2v) is 7.72. The summed E-state index contributed by atoms with van der Waals surface area (Å²) in [5.74, 6) is 0.126. The van der Waals surface area contributed by atoms with Crippen molar-refractivity contribution in [2.45, 2.75) is 39.2 Å². The highest BCUT2D eigenvalue weighted by Crippen LogP contribution is 2.28. The summed E-state index contributed by atoms with van der Waals surface area (Å²) in [5.41, 5.74) is 1.44. The summed E-state index contributed by atoms with van der Waals surface area (Å²) < 4.78 is 5.48. The molecule has 0 saturated carbocycles. The number of H-pyrrole nitrogens is 1. The number of aryl methyl sites for hydroxylation is 2. The third-order valence-electron chi connectivity index (χ3n) is 5.81. The Morgan fingerprint density at radius 1 is 1.30 bits per heavy atom. The largest absolute Gasteiger partial charge is 0.396 e. The number of nitrogens with zero attached hydrogens (tertiary/aromatic N) is 2. The first kappa shape index (κ1) is 20.0. The number of aromatic nitrogens is 1. The van der Waals surface area contributed by atoms with E-state index in [1.165, 1.54) is 0 Å². The second-order valence-electron chi connectivity index (χ2n) is 7.72. The highest BCUT2D eigenvalue weighted by atomic mass is 16.5. The number of nitrogens with one attached hydrogen (secondary N) is 1. The number of aliphatic hydroxyl groups is 1. The predicted octanol–water partition coefficient (Wildman–Crippen LogP) is 0.927. The van der Waals surface area contributed by atoms with Gasteiger partial charge < -0.3 is 19.7 Å². The summed E-state index contributed by atoms with van der Waals surface area (Å²) in [5, 5.41) is 9.29. The third-order valence-corrected chi connectivity index (χ3v) is 5.81. The topological polar surface area (TPSA) is 85.9 Å². The van der Waals surface area contributed by atoms with E-state index < -0.39 is 0 Å². The van der Waals surface area contributed by atoms with Crippen LogP contribution >= 0.6 is 0 Å². The molecule has 7 heteroatoms. The number of hydrogen-bond acceptors (Lipinski definition) is 5. The van der Waals surface area contributed by atoms with Gasteiger partial charge in [0.25, 0.3) is 11.5 Å². The van der Waals surface area contributed by atoms with Gasteiger partial charge in [-0.25, -0.2) is 0 Å². The van der Waals surface area contributed by atoms with Crippen LogP contribution in [-0.4, -0.2) is 77.8 Å². The van der Waals surface area contributed by atoms with Crippen molar-refractivity contribution < 1.29 is 14.6 Å². The van der Waals surface area contributed by atoms with Crippen LogP contribution in [0.25, 0.3) is 0 Å². The van der Waals surface area contributed by atoms with Crippen LogP contribution in [0.3, 0.4) is 0 Å². The molecule has 0 radical (unpaired) electrons. The monoisotopic (exact) mass is 377 g/mol. The maximum atomic E-state index is 13.1. The number of piperidine rings is 1. The first-order valence-electron chi connectivity index (χ1n) is 9.93. The minimum Gasteiger partial charge on any atom is -0.396 e. The Labute approximate surface area is 160 Å². The molecule has 3 rings (SSSR count). The number of aliphatic hydroxyl groups excluding tert-OH is 1. The van der Waals surface area contributed by atoms with E-state index in [0.29, 0.717) is 25.0 Å². The Morgan fingerprint density at radius 3 is 2.70 bits per heavy atom. The lowest BCUT2D eigenvalue weighted by Crippen LogP contribution is -2.55. The standard InChI is InChI=1S/C20H31N3O4/c1-14-12-15(2)21-19(25)18(14)20(26)23-6-5-17(16(13-23)4-3-9-24)22-7-10-27-11-8-22/h12,16-17,24H,3-11,13H2,1-2H3,(H,21,25)/t16-,17+/m1/s1. The van der Waals surface area contributed by atoms with Crippen LogP contribution in [0.2, 0.25) is 0 Å². The molecule has 0 spiro atoms. The van der Waals surface area contributed by atoms with Gasteiger partial charge in [-0.05, 0) is 50.7 Å². The van der Waals surface area contributed by atoms with E-state index in [2.05, 4.69) is 9.88 Å². The molecule has 7 nitrogen and oxygen atoms in total. The molecule has 0 bridgehead atoms. The third kappa shape index (κ3) is 4.59. The number of carbonyl (C=O) groups excluding carboxylic acids is 1. The van der Waals surface area contributed by atoms with Gasteiger partial charge in [0.2, 0.25) is 0 Å². The Kier molecular flexibility index (Phi) is 6.68. The molecule has 3 heterocycles. The van der Waals surface area contributed by atoms with Crippen LogP contribution in [0.1, 0.15) is 40.9 Å². The lowest BCUT2D eigenvalue weighted by Gasteiger charge is -2.45. The van der Waals surface area contributed by atoms with Gasteiger partial charge in [0.1, 0.15) is 5.56 Å². The number of pyridine rings is 1. The van der Waals surface area contributed by atoms with Crippen molar-refractivity contribution in [2.75, 3.05) is 46.0 Å². The van der Waals surface area contributed by atoms with Crippen molar-refractivity contribution in [3.63, 3.8) is 0 Å². The zero-order valence-electron chi connectivity index (χ0n) is 16.4. The minimum atomic E-state index is -0.306. The Balaban J connectivity index is 1.76. The van der Waals surface area contributed by atoms with Crippen LogP contribution in [0.4, 0.5) is 0 Å². The van der Waals surface area contributed by atoms with Gasteiger partial charge in [-0.2, -0.15) is 0 Å². The lowest BCUT2D eigenvalue weighted by molar-refractivity contribution is -0.0197. The quantitative estimate of drug-likeness (QED) is 0.797. The number of hydrogen-bond donors (Lipinski definition) is 2. The fraction of sp³-hybridized carbons (Fsp3) is 0.700. The van der Waals surface area contributed by atoms with Crippen molar-refractivity contribution in [3.8, 4) is 0 Å². The molecule has 0 aromatic carbocycles. The number of carbonyl (C=O) groups is 1. The molecular weight excluding hydrogens is 346 g/mol. The van der Waals surface area contributed by atoms with E-state index in [0.717, 1.165) is 56.8 Å². The molecule has 0 unspecified atom stereocenters. The molecule has 2 aliphatic heterocycles. The van der Waals surface area contributed by atoms with Gasteiger partial charge >= 0.3 is 0 Å². The van der Waals surface area contributed by atoms with Gasteiger partial charge in [-0.3, -0.25) is 14.5 Å². The first-order chi connectivity index (χ1) is 13.0. The Morgan fingerprint density at radius 2 is 2.04 bits per heavy atom. The van der Waals surface area contributed by atoms with Gasteiger partial charge in [0, 0.05) is 44.5 Å². The molecule has 2 fully saturated rings. The van der Waals surface area contributed by atoms with Crippen molar-refractivity contribution in [3.05, 3.63) is 33.2 Å². The molecule has 1 aromatic rings. The summed E-state index contributed by atoms with van der Waals surface area (Å²) in [7, 11) is 0. The van der Waals surface area contributed by atoms with E-state index >= 15 is 0 Å². The number of ether oxygens (including phenoxy) is 1. The summed E-state index contributed by atoms with van der Waals surface area (Å²) in [6.45, 7) is 8.44. The number of morpholine rings is 1. The smallest absolute Gasteiger partial charge is 0.261 e. The number of likely N-dealkylation sites (tertiary alicyclic amines) is 1. The summed E-state index contributed by atoms with van der Waals surface area (Å²) >= 11 is 0. The van der Waals surface area contributed by atoms with Gasteiger partial charge in [0.15, 0.2) is 0 Å². The summed E-state index contributed by atoms with van der Waals surface area (Å²) in [6.07, 6.45) is 2.51. The lowest BCUT2D eigenvalue weighted by atomic mass is 9.86. The fourth-order valence-corrected chi connectivity index (χ4v) is 4.51. The first-order valence-corrected chi connectivity index (χ1v) is 9.93. The van der Waals surface area contributed by atoms with Crippen molar-refractivity contribution in [2.24, 2.45) is 5.92 Å². The van der Waals surface area contributed by atoms with E-state index in [4.69, 9.17) is 4.74 Å². The second kappa shape index (κ2) is 8.99. The Hall–Kier alpha value is -1.70. The molecule has 2 atom stereocenters. The molecule has 2 aliphatic rings. The molecule has 150 valence electrons. The highest BCUT2D eigenvalue weighted by Gasteiger charge is 2.36. The van der Waals surface area contributed by atoms with Crippen LogP contribution < -0.4 is 5.56 Å². The van der Waals surface area contributed by atoms with Crippen LogP contribution in [0.15, 0.2) is 10.9 Å². The summed E-state index contributed by atoms with van der Waals surface area (Å²) in [4.78, 5) is 32.5. The van der Waals surface area contributed by atoms with E-state index in [-0.39, 0.29) is 23.6 Å². The molecule has 1 aromatic heterocycles. The van der Waals surface area contributed by atoms with E-state index in [1.54, 1.807) is 0 Å². The van der Waals surface area contributed by atoms with E-state index in [9.17, 15) is 14.7 Å². The van der Waals surface area contributed by atoms with Crippen molar-refractivity contribution in [1.29, 1.82) is 0 Å². The maximum absolute atomic E-state index is 13.1. The average molecular weight is 377 g/mol. The van der Waals surface area contributed by atoms with Gasteiger partial charge in [0.05, 0.1) is 13.2 Å². The fourth-order valence-electron chi connectivity index (χ4n) is 4.51. The van der Waals surface area contributed by atoms with Crippen LogP contribution in [-0.2, 0) is 4.74 Å². The average Bonchev–Trinajstić information content (AvgIpc) is 2.66. The van der Waals surface area contributed by atoms with E-state index in [1.807, 2.05) is 24.8 Å². The van der Waals surface area contributed by atoms with Crippen molar-refractivity contribution in [1.82, 2.24) is 14.8 Å². The highest BCUT2D eigenvalue weighted by molar-refractivity contribution is 5.95. The molecule has 2 N–H and O–H groups in total. The minimum absolute atomic E-state index is 0.164. The van der Waals surface area contributed by atoms with Gasteiger partial charge in [-0.1, -0.05) is 0 Å². The number of rotatable bonds is 5. The number of aromatic amines is 1.